The number of fused-ring (bicyclic) bond motifs is 3. The first-order valence-corrected chi connectivity index (χ1v) is 11.7. The van der Waals surface area contributed by atoms with Gasteiger partial charge in [-0.3, -0.25) is 19.4 Å². The zero-order chi connectivity index (χ0) is 22.8. The molecule has 2 aromatic rings. The van der Waals surface area contributed by atoms with Crippen LogP contribution in [-0.2, 0) is 4.79 Å². The van der Waals surface area contributed by atoms with Gasteiger partial charge in [0.25, 0.3) is 11.8 Å². The lowest BCUT2D eigenvalue weighted by atomic mass is 9.58. The molecule has 3 saturated carbocycles. The highest BCUT2D eigenvalue weighted by Crippen LogP contribution is 2.51. The summed E-state index contributed by atoms with van der Waals surface area (Å²) in [6.45, 7) is 0.994. The van der Waals surface area contributed by atoms with Crippen LogP contribution in [0.25, 0.3) is 0 Å². The molecule has 8 heteroatoms. The summed E-state index contributed by atoms with van der Waals surface area (Å²) in [5, 5.41) is 12.7. The molecule has 4 N–H and O–H groups in total. The second-order valence-electron chi connectivity index (χ2n) is 9.29. The Kier molecular flexibility index (Phi) is 5.74. The fourth-order valence-electron chi connectivity index (χ4n) is 5.68. The Morgan fingerprint density at radius 1 is 1.03 bits per heavy atom. The van der Waals surface area contributed by atoms with Crippen LogP contribution in [0.5, 0.6) is 0 Å². The van der Waals surface area contributed by atoms with Crippen molar-refractivity contribution in [2.24, 2.45) is 17.8 Å². The van der Waals surface area contributed by atoms with E-state index in [9.17, 15) is 14.4 Å². The Bertz CT molecular complexity index is 1060. The minimum atomic E-state index is -0.457. The Morgan fingerprint density at radius 2 is 1.85 bits per heavy atom. The van der Waals surface area contributed by atoms with E-state index in [1.165, 1.54) is 0 Å². The smallest absolute Gasteiger partial charge is 0.269 e. The summed E-state index contributed by atoms with van der Waals surface area (Å²) >= 11 is 0. The number of para-hydroxylation sites is 1. The largest absolute Gasteiger partial charge is 0.362 e. The highest BCUT2D eigenvalue weighted by Gasteiger charge is 2.55. The molecule has 3 fully saturated rings. The number of hydrogen-bond donors (Lipinski definition) is 4. The van der Waals surface area contributed by atoms with E-state index in [-0.39, 0.29) is 35.5 Å². The lowest BCUT2D eigenvalue weighted by molar-refractivity contribution is -0.132. The lowest BCUT2D eigenvalue weighted by Gasteiger charge is -2.56. The second-order valence-corrected chi connectivity index (χ2v) is 9.29. The third-order valence-corrected chi connectivity index (χ3v) is 7.31. The average molecular weight is 448 g/mol. The Morgan fingerprint density at radius 3 is 2.64 bits per heavy atom. The fraction of sp³-hybridized carbons (Fsp3) is 0.440. The number of anilines is 1. The minimum absolute atomic E-state index is 0.0339. The normalized spacial score (nSPS) is 27.3. The quantitative estimate of drug-likeness (QED) is 0.508. The van der Waals surface area contributed by atoms with Crippen molar-refractivity contribution >= 4 is 23.4 Å². The topological polar surface area (TPSA) is 112 Å². The first-order valence-electron chi connectivity index (χ1n) is 11.7. The summed E-state index contributed by atoms with van der Waals surface area (Å²) < 4.78 is 0. The van der Waals surface area contributed by atoms with Gasteiger partial charge in [0, 0.05) is 36.8 Å². The maximum absolute atomic E-state index is 12.9. The van der Waals surface area contributed by atoms with Crippen LogP contribution >= 0.6 is 0 Å². The van der Waals surface area contributed by atoms with Gasteiger partial charge in [-0.05, 0) is 62.3 Å². The van der Waals surface area contributed by atoms with Gasteiger partial charge in [-0.25, -0.2) is 0 Å². The molecule has 1 aromatic carbocycles. The maximum atomic E-state index is 12.9. The van der Waals surface area contributed by atoms with Gasteiger partial charge in [0.15, 0.2) is 0 Å². The summed E-state index contributed by atoms with van der Waals surface area (Å²) in [6, 6.07) is 12.8. The van der Waals surface area contributed by atoms with Gasteiger partial charge >= 0.3 is 0 Å². The molecular formula is C25H29N5O3. The van der Waals surface area contributed by atoms with Crippen molar-refractivity contribution in [3.63, 3.8) is 0 Å². The van der Waals surface area contributed by atoms with E-state index in [0.717, 1.165) is 31.4 Å². The molecule has 4 aliphatic rings. The predicted octanol–water partition coefficient (Wildman–Crippen LogP) is 2.31. The monoisotopic (exact) mass is 447 g/mol. The number of nitrogens with zero attached hydrogens (tertiary/aromatic N) is 1. The third-order valence-electron chi connectivity index (χ3n) is 7.31. The SMILES string of the molecule is O=C(NCCCNC(=O)C1CC2CCC1C[C@@]21NC(=O)c2ccccc2N1)c1ccccn1. The molecule has 1 aromatic heterocycles. The zero-order valence-electron chi connectivity index (χ0n) is 18.5. The van der Waals surface area contributed by atoms with E-state index in [4.69, 9.17) is 0 Å². The van der Waals surface area contributed by atoms with Crippen LogP contribution in [0, 0.1) is 17.8 Å². The van der Waals surface area contributed by atoms with Crippen LogP contribution < -0.4 is 21.3 Å². The van der Waals surface area contributed by atoms with Crippen LogP contribution in [0.3, 0.4) is 0 Å². The molecule has 33 heavy (non-hydrogen) atoms. The van der Waals surface area contributed by atoms with Crippen molar-refractivity contribution in [2.45, 2.75) is 37.8 Å². The third kappa shape index (κ3) is 4.17. The van der Waals surface area contributed by atoms with E-state index in [1.54, 1.807) is 24.4 Å². The van der Waals surface area contributed by atoms with Crippen molar-refractivity contribution in [3.8, 4) is 0 Å². The number of carbonyl (C=O) groups excluding carboxylic acids is 3. The van der Waals surface area contributed by atoms with Gasteiger partial charge in [-0.1, -0.05) is 18.2 Å². The maximum Gasteiger partial charge on any atom is 0.269 e. The van der Waals surface area contributed by atoms with Crippen LogP contribution in [0.15, 0.2) is 48.7 Å². The Balaban J connectivity index is 1.12. The number of rotatable bonds is 6. The number of amides is 3. The molecule has 0 saturated heterocycles. The number of benzene rings is 1. The van der Waals surface area contributed by atoms with Crippen molar-refractivity contribution in [3.05, 3.63) is 59.9 Å². The number of aromatic nitrogens is 1. The highest BCUT2D eigenvalue weighted by molar-refractivity contribution is 6.02. The number of nitrogens with one attached hydrogen (secondary N) is 4. The molecule has 172 valence electrons. The second kappa shape index (κ2) is 8.84. The fourth-order valence-corrected chi connectivity index (χ4v) is 5.68. The molecule has 2 heterocycles. The molecule has 3 amide bonds. The van der Waals surface area contributed by atoms with E-state index in [0.29, 0.717) is 30.8 Å². The summed E-state index contributed by atoms with van der Waals surface area (Å²) in [4.78, 5) is 41.7. The predicted molar refractivity (Wildman–Crippen MR) is 123 cm³/mol. The van der Waals surface area contributed by atoms with E-state index < -0.39 is 5.66 Å². The first-order chi connectivity index (χ1) is 16.1. The molecule has 0 radical (unpaired) electrons. The van der Waals surface area contributed by atoms with Crippen molar-refractivity contribution in [2.75, 3.05) is 18.4 Å². The van der Waals surface area contributed by atoms with Crippen molar-refractivity contribution in [1.29, 1.82) is 0 Å². The number of hydrogen-bond acceptors (Lipinski definition) is 5. The summed E-state index contributed by atoms with van der Waals surface area (Å²) in [7, 11) is 0. The van der Waals surface area contributed by atoms with E-state index in [2.05, 4.69) is 26.3 Å². The molecule has 3 aliphatic carbocycles. The molecule has 1 spiro atoms. The van der Waals surface area contributed by atoms with E-state index >= 15 is 0 Å². The number of carbonyl (C=O) groups is 3. The van der Waals surface area contributed by atoms with Crippen LogP contribution in [0.1, 0.15) is 53.0 Å². The van der Waals surface area contributed by atoms with Crippen molar-refractivity contribution in [1.82, 2.24) is 20.9 Å². The highest BCUT2D eigenvalue weighted by atomic mass is 16.2. The van der Waals surface area contributed by atoms with Crippen LogP contribution in [-0.4, -0.2) is 41.5 Å². The molecular weight excluding hydrogens is 418 g/mol. The van der Waals surface area contributed by atoms with Crippen molar-refractivity contribution < 1.29 is 14.4 Å². The molecule has 8 nitrogen and oxygen atoms in total. The summed E-state index contributed by atoms with van der Waals surface area (Å²) in [6.07, 6.45) is 5.78. The average Bonchev–Trinajstić information content (AvgIpc) is 2.84. The minimum Gasteiger partial charge on any atom is -0.362 e. The van der Waals surface area contributed by atoms with Gasteiger partial charge in [0.2, 0.25) is 5.91 Å². The zero-order valence-corrected chi connectivity index (χ0v) is 18.5. The molecule has 6 rings (SSSR count). The van der Waals surface area contributed by atoms with Gasteiger partial charge in [0.05, 0.1) is 5.56 Å². The van der Waals surface area contributed by atoms with Gasteiger partial charge < -0.3 is 21.3 Å². The summed E-state index contributed by atoms with van der Waals surface area (Å²) in [5.74, 6) is 0.253. The standard InChI is InChI=1S/C25H29N5O3/c31-22(27-12-5-13-28-24(33)21-8-3-4-11-26-21)19-14-17-10-9-16(19)15-25(17)29-20-7-2-1-6-18(20)23(32)30-25/h1-4,6-8,11,16-17,19,29H,5,9-10,12-15H2,(H,27,31)(H,28,33)(H,30,32)/t16?,17?,19?,25-/m1/s1. The molecule has 2 bridgehead atoms. The van der Waals surface area contributed by atoms with E-state index in [1.807, 2.05) is 24.3 Å². The van der Waals surface area contributed by atoms with Gasteiger partial charge in [-0.2, -0.15) is 0 Å². The Hall–Kier alpha value is -3.42. The first kappa shape index (κ1) is 21.4. The van der Waals surface area contributed by atoms with Gasteiger partial charge in [0.1, 0.15) is 11.4 Å². The number of pyridine rings is 1. The van der Waals surface area contributed by atoms with Gasteiger partial charge in [-0.15, -0.1) is 0 Å². The lowest BCUT2D eigenvalue weighted by Crippen LogP contribution is -2.68. The summed E-state index contributed by atoms with van der Waals surface area (Å²) in [5.41, 5.74) is 1.48. The van der Waals surface area contributed by atoms with Crippen LogP contribution in [0.4, 0.5) is 5.69 Å². The molecule has 4 atom stereocenters. The Labute approximate surface area is 192 Å². The molecule has 1 aliphatic heterocycles. The van der Waals surface area contributed by atoms with Crippen LogP contribution in [0.2, 0.25) is 0 Å². The molecule has 3 unspecified atom stereocenters.